The monoisotopic (exact) mass is 285 g/mol. The molecule has 6 heteroatoms. The first-order chi connectivity index (χ1) is 7.22. The summed E-state index contributed by atoms with van der Waals surface area (Å²) in [4.78, 5) is 2.70. The summed E-state index contributed by atoms with van der Waals surface area (Å²) < 4.78 is 6.16. The number of benzene rings is 1. The fourth-order valence-electron chi connectivity index (χ4n) is 1.34. The van der Waals surface area contributed by atoms with Crippen LogP contribution >= 0.6 is 27.5 Å². The molecule has 0 amide bonds. The van der Waals surface area contributed by atoms with Gasteiger partial charge < -0.3 is 4.42 Å². The number of halogens is 2. The molecule has 15 heavy (non-hydrogen) atoms. The van der Waals surface area contributed by atoms with Crippen molar-refractivity contribution in [2.75, 3.05) is 0 Å². The Balaban J connectivity index is 2.62. The molecule has 0 N–H and O–H groups in total. The SMILES string of the molecule is [N-]=[N+]=NCc1coc2c(Cl)cc(Br)cc12. The van der Waals surface area contributed by atoms with Crippen molar-refractivity contribution >= 4 is 38.5 Å². The van der Waals surface area contributed by atoms with Crippen LogP contribution < -0.4 is 0 Å². The zero-order valence-corrected chi connectivity index (χ0v) is 9.79. The Labute approximate surface area is 98.6 Å². The number of fused-ring (bicyclic) bond motifs is 1. The lowest BCUT2D eigenvalue weighted by molar-refractivity contribution is 0.610. The average Bonchev–Trinajstić information content (AvgIpc) is 2.58. The van der Waals surface area contributed by atoms with Crippen LogP contribution in [0.15, 0.2) is 32.4 Å². The molecule has 0 aliphatic rings. The zero-order valence-electron chi connectivity index (χ0n) is 7.44. The molecule has 0 aliphatic carbocycles. The van der Waals surface area contributed by atoms with Gasteiger partial charge in [-0.2, -0.15) is 0 Å². The van der Waals surface area contributed by atoms with Crippen molar-refractivity contribution in [3.8, 4) is 0 Å². The fraction of sp³-hybridized carbons (Fsp3) is 0.111. The van der Waals surface area contributed by atoms with Crippen LogP contribution in [0.3, 0.4) is 0 Å². The van der Waals surface area contributed by atoms with Crippen molar-refractivity contribution in [1.82, 2.24) is 0 Å². The molecule has 4 nitrogen and oxygen atoms in total. The van der Waals surface area contributed by atoms with E-state index in [0.717, 1.165) is 15.4 Å². The van der Waals surface area contributed by atoms with Crippen LogP contribution in [-0.2, 0) is 6.54 Å². The topological polar surface area (TPSA) is 61.9 Å². The Morgan fingerprint density at radius 1 is 1.53 bits per heavy atom. The molecule has 0 saturated carbocycles. The van der Waals surface area contributed by atoms with Crippen molar-refractivity contribution in [3.05, 3.63) is 43.9 Å². The van der Waals surface area contributed by atoms with Gasteiger partial charge in [-0.15, -0.1) is 0 Å². The maximum atomic E-state index is 8.24. The first-order valence-corrected chi connectivity index (χ1v) is 5.25. The minimum Gasteiger partial charge on any atom is -0.462 e. The number of hydrogen-bond donors (Lipinski definition) is 0. The van der Waals surface area contributed by atoms with Crippen molar-refractivity contribution in [3.63, 3.8) is 0 Å². The van der Waals surface area contributed by atoms with Gasteiger partial charge in [-0.05, 0) is 17.7 Å². The van der Waals surface area contributed by atoms with Gasteiger partial charge in [0.15, 0.2) is 5.58 Å². The highest BCUT2D eigenvalue weighted by atomic mass is 79.9. The molecule has 0 saturated heterocycles. The summed E-state index contributed by atoms with van der Waals surface area (Å²) in [7, 11) is 0. The second-order valence-corrected chi connectivity index (χ2v) is 4.24. The molecule has 76 valence electrons. The van der Waals surface area contributed by atoms with Crippen LogP contribution in [0.4, 0.5) is 0 Å². The minimum atomic E-state index is 0.260. The smallest absolute Gasteiger partial charge is 0.152 e. The Hall–Kier alpha value is -1.16. The molecule has 0 radical (unpaired) electrons. The van der Waals surface area contributed by atoms with Gasteiger partial charge >= 0.3 is 0 Å². The maximum Gasteiger partial charge on any atom is 0.152 e. The molecule has 0 unspecified atom stereocenters. The summed E-state index contributed by atoms with van der Waals surface area (Å²) in [6, 6.07) is 3.64. The van der Waals surface area contributed by atoms with Crippen LogP contribution in [0.25, 0.3) is 21.4 Å². The lowest BCUT2D eigenvalue weighted by Gasteiger charge is -1.95. The van der Waals surface area contributed by atoms with Crippen molar-refractivity contribution < 1.29 is 4.42 Å². The van der Waals surface area contributed by atoms with Gasteiger partial charge in [0.2, 0.25) is 0 Å². The third-order valence-corrected chi connectivity index (χ3v) is 2.72. The van der Waals surface area contributed by atoms with E-state index in [1.807, 2.05) is 6.07 Å². The predicted molar refractivity (Wildman–Crippen MR) is 61.8 cm³/mol. The van der Waals surface area contributed by atoms with E-state index in [-0.39, 0.29) is 6.54 Å². The van der Waals surface area contributed by atoms with E-state index in [1.54, 1.807) is 12.3 Å². The Morgan fingerprint density at radius 2 is 2.33 bits per heavy atom. The van der Waals surface area contributed by atoms with E-state index in [0.29, 0.717) is 10.6 Å². The first kappa shape index (κ1) is 10.4. The highest BCUT2D eigenvalue weighted by Gasteiger charge is 2.09. The van der Waals surface area contributed by atoms with Crippen LogP contribution in [0.1, 0.15) is 5.56 Å². The summed E-state index contributed by atoms with van der Waals surface area (Å²) >= 11 is 9.32. The summed E-state index contributed by atoms with van der Waals surface area (Å²) in [6.45, 7) is 0.260. The van der Waals surface area contributed by atoms with Gasteiger partial charge in [0.25, 0.3) is 0 Å². The molecule has 1 heterocycles. The Bertz CT molecular complexity index is 560. The molecule has 2 aromatic rings. The van der Waals surface area contributed by atoms with Crippen LogP contribution in [-0.4, -0.2) is 0 Å². The van der Waals surface area contributed by atoms with Gasteiger partial charge in [-0.1, -0.05) is 32.6 Å². The molecule has 0 atom stereocenters. The highest BCUT2D eigenvalue weighted by Crippen LogP contribution is 2.31. The van der Waals surface area contributed by atoms with E-state index < -0.39 is 0 Å². The molecule has 0 spiro atoms. The van der Waals surface area contributed by atoms with Crippen molar-refractivity contribution in [1.29, 1.82) is 0 Å². The highest BCUT2D eigenvalue weighted by molar-refractivity contribution is 9.10. The number of azide groups is 1. The third kappa shape index (κ3) is 1.95. The lowest BCUT2D eigenvalue weighted by Crippen LogP contribution is -1.77. The molecular weight excluding hydrogens is 281 g/mol. The average molecular weight is 287 g/mol. The molecule has 0 bridgehead atoms. The van der Waals surface area contributed by atoms with Crippen LogP contribution in [0.2, 0.25) is 5.02 Å². The van der Waals surface area contributed by atoms with Crippen molar-refractivity contribution in [2.45, 2.75) is 6.54 Å². The Kier molecular flexibility index (Phi) is 2.86. The summed E-state index contributed by atoms with van der Waals surface area (Å²) in [5, 5.41) is 4.88. The standard InChI is InChI=1S/C9H5BrClN3O/c10-6-1-7-5(3-13-14-12)4-15-9(7)8(11)2-6/h1-2,4H,3H2. The van der Waals surface area contributed by atoms with E-state index in [9.17, 15) is 0 Å². The van der Waals surface area contributed by atoms with Gasteiger partial charge in [-0.25, -0.2) is 0 Å². The molecule has 2 rings (SSSR count). The quantitative estimate of drug-likeness (QED) is 0.450. The van der Waals surface area contributed by atoms with Gasteiger partial charge in [0, 0.05) is 20.3 Å². The summed E-state index contributed by atoms with van der Waals surface area (Å²) in [5.41, 5.74) is 9.68. The summed E-state index contributed by atoms with van der Waals surface area (Å²) in [6.07, 6.45) is 1.55. The Morgan fingerprint density at radius 3 is 3.07 bits per heavy atom. The number of rotatable bonds is 2. The number of furan rings is 1. The van der Waals surface area contributed by atoms with Crippen LogP contribution in [0, 0.1) is 0 Å². The van der Waals surface area contributed by atoms with Gasteiger partial charge in [0.1, 0.15) is 0 Å². The van der Waals surface area contributed by atoms with E-state index in [2.05, 4.69) is 26.0 Å². The second kappa shape index (κ2) is 4.14. The third-order valence-electron chi connectivity index (χ3n) is 1.98. The van der Waals surface area contributed by atoms with E-state index in [4.69, 9.17) is 21.5 Å². The number of hydrogen-bond acceptors (Lipinski definition) is 2. The normalized spacial score (nSPS) is 10.3. The molecular formula is C9H5BrClN3O. The number of nitrogens with zero attached hydrogens (tertiary/aromatic N) is 3. The maximum absolute atomic E-state index is 8.24. The lowest BCUT2D eigenvalue weighted by atomic mass is 10.2. The largest absolute Gasteiger partial charge is 0.462 e. The predicted octanol–water partition coefficient (Wildman–Crippen LogP) is 4.66. The van der Waals surface area contributed by atoms with Gasteiger partial charge in [-0.3, -0.25) is 0 Å². The molecule has 0 aliphatic heterocycles. The molecule has 1 aromatic carbocycles. The second-order valence-electron chi connectivity index (χ2n) is 2.91. The van der Waals surface area contributed by atoms with Crippen molar-refractivity contribution in [2.24, 2.45) is 5.11 Å². The minimum absolute atomic E-state index is 0.260. The zero-order chi connectivity index (χ0) is 10.8. The van der Waals surface area contributed by atoms with Crippen LogP contribution in [0.5, 0.6) is 0 Å². The molecule has 0 fully saturated rings. The fourth-order valence-corrected chi connectivity index (χ4v) is 2.20. The first-order valence-electron chi connectivity index (χ1n) is 4.08. The van der Waals surface area contributed by atoms with E-state index >= 15 is 0 Å². The summed E-state index contributed by atoms with van der Waals surface area (Å²) in [5.74, 6) is 0. The van der Waals surface area contributed by atoms with Gasteiger partial charge in [0.05, 0.1) is 17.8 Å². The molecule has 1 aromatic heterocycles. The van der Waals surface area contributed by atoms with E-state index in [1.165, 1.54) is 0 Å².